The zero-order valence-electron chi connectivity index (χ0n) is 11.1. The van der Waals surface area contributed by atoms with Crippen LogP contribution in [-0.2, 0) is 0 Å². The van der Waals surface area contributed by atoms with Crippen molar-refractivity contribution >= 4 is 38.4 Å². The van der Waals surface area contributed by atoms with Gasteiger partial charge >= 0.3 is 5.91 Å². The van der Waals surface area contributed by atoms with Gasteiger partial charge in [-0.15, -0.1) is 11.3 Å². The molecule has 0 radical (unpaired) electrons. The maximum atomic E-state index is 12.2. The monoisotopic (exact) mass is 311 g/mol. The summed E-state index contributed by atoms with van der Waals surface area (Å²) >= 11 is 1.37. The number of para-hydroxylation sites is 1. The summed E-state index contributed by atoms with van der Waals surface area (Å²) in [5.41, 5.74) is 2.78. The van der Waals surface area contributed by atoms with Gasteiger partial charge < -0.3 is 4.42 Å². The number of rotatable bonds is 2. The van der Waals surface area contributed by atoms with Crippen LogP contribution in [0.1, 0.15) is 10.6 Å². The molecule has 7 heteroatoms. The molecule has 0 fully saturated rings. The molecule has 3 heterocycles. The Balaban J connectivity index is 1.70. The number of hydrogen-bond acceptors (Lipinski definition) is 5. The van der Waals surface area contributed by atoms with Crippen LogP contribution in [0.3, 0.4) is 0 Å². The van der Waals surface area contributed by atoms with E-state index < -0.39 is 5.91 Å². The highest BCUT2D eigenvalue weighted by molar-refractivity contribution is 7.16. The first kappa shape index (κ1) is 12.8. The van der Waals surface area contributed by atoms with Crippen molar-refractivity contribution in [3.8, 4) is 0 Å². The molecule has 4 rings (SSSR count). The summed E-state index contributed by atoms with van der Waals surface area (Å²) in [6.07, 6.45) is 1.29. The van der Waals surface area contributed by atoms with E-state index in [2.05, 4.69) is 10.4 Å². The van der Waals surface area contributed by atoms with Gasteiger partial charge in [0.05, 0.1) is 5.39 Å². The Bertz CT molecular complexity index is 1030. The fraction of sp³-hybridized carbons (Fsp3) is 0. The predicted molar refractivity (Wildman–Crippen MR) is 83.8 cm³/mol. The van der Waals surface area contributed by atoms with Crippen molar-refractivity contribution in [1.29, 1.82) is 0 Å². The zero-order chi connectivity index (χ0) is 15.1. The standard InChI is InChI=1S/C15H9N3O3S/c19-13(12-7-9-3-1-2-4-11(9)21-12)17-18-8-16-14-10(15(18)20)5-6-22-14/h1-8H,(H,17,19). The van der Waals surface area contributed by atoms with Gasteiger partial charge in [-0.3, -0.25) is 15.0 Å². The first-order chi connectivity index (χ1) is 10.7. The van der Waals surface area contributed by atoms with Crippen LogP contribution in [-0.4, -0.2) is 15.6 Å². The molecule has 0 aliphatic carbocycles. The van der Waals surface area contributed by atoms with E-state index in [-0.39, 0.29) is 11.3 Å². The number of carbonyl (C=O) groups is 1. The number of hydrogen-bond donors (Lipinski definition) is 1. The van der Waals surface area contributed by atoms with Crippen LogP contribution in [0.25, 0.3) is 21.2 Å². The minimum atomic E-state index is -0.505. The van der Waals surface area contributed by atoms with Gasteiger partial charge in [-0.1, -0.05) is 18.2 Å². The van der Waals surface area contributed by atoms with E-state index in [1.807, 2.05) is 18.2 Å². The summed E-state index contributed by atoms with van der Waals surface area (Å²) in [5.74, 6) is -0.367. The van der Waals surface area contributed by atoms with Gasteiger partial charge in [0, 0.05) is 5.39 Å². The van der Waals surface area contributed by atoms with Crippen LogP contribution in [0.4, 0.5) is 0 Å². The number of nitrogens with one attached hydrogen (secondary N) is 1. The van der Waals surface area contributed by atoms with Crippen LogP contribution in [0, 0.1) is 0 Å². The van der Waals surface area contributed by atoms with Crippen molar-refractivity contribution in [2.45, 2.75) is 0 Å². The maximum Gasteiger partial charge on any atom is 0.305 e. The molecule has 0 bridgehead atoms. The second-order valence-electron chi connectivity index (χ2n) is 4.65. The molecule has 0 spiro atoms. The SMILES string of the molecule is O=C(Nn1cnc2sccc2c1=O)c1cc2ccccc2o1. The Morgan fingerprint density at radius 2 is 2.14 bits per heavy atom. The topological polar surface area (TPSA) is 77.1 Å². The Labute approximate surface area is 127 Å². The third-order valence-electron chi connectivity index (χ3n) is 3.26. The average molecular weight is 311 g/mol. The summed E-state index contributed by atoms with van der Waals surface area (Å²) in [6, 6.07) is 10.6. The van der Waals surface area contributed by atoms with E-state index in [1.165, 1.54) is 17.7 Å². The molecule has 0 atom stereocenters. The number of carbonyl (C=O) groups excluding carboxylic acids is 1. The molecule has 0 saturated carbocycles. The lowest BCUT2D eigenvalue weighted by atomic mass is 10.2. The smallest absolute Gasteiger partial charge is 0.305 e. The molecule has 4 aromatic rings. The molecular formula is C15H9N3O3S. The highest BCUT2D eigenvalue weighted by atomic mass is 32.1. The van der Waals surface area contributed by atoms with E-state index in [0.29, 0.717) is 15.8 Å². The van der Waals surface area contributed by atoms with Gasteiger partial charge in [0.25, 0.3) is 5.56 Å². The summed E-state index contributed by atoms with van der Waals surface area (Å²) in [5, 5.41) is 3.08. The normalized spacial score (nSPS) is 11.1. The summed E-state index contributed by atoms with van der Waals surface area (Å²) in [4.78, 5) is 29.2. The van der Waals surface area contributed by atoms with Crippen molar-refractivity contribution in [2.75, 3.05) is 5.43 Å². The first-order valence-corrected chi connectivity index (χ1v) is 7.35. The molecule has 1 aromatic carbocycles. The van der Waals surface area contributed by atoms with Gasteiger partial charge in [0.1, 0.15) is 16.7 Å². The van der Waals surface area contributed by atoms with E-state index in [4.69, 9.17) is 4.42 Å². The Hall–Kier alpha value is -2.93. The molecule has 1 N–H and O–H groups in total. The first-order valence-electron chi connectivity index (χ1n) is 6.47. The predicted octanol–water partition coefficient (Wildman–Crippen LogP) is 2.59. The van der Waals surface area contributed by atoms with E-state index in [9.17, 15) is 9.59 Å². The highest BCUT2D eigenvalue weighted by Crippen LogP contribution is 2.18. The molecule has 3 aromatic heterocycles. The van der Waals surface area contributed by atoms with E-state index in [1.54, 1.807) is 23.6 Å². The van der Waals surface area contributed by atoms with Crippen LogP contribution >= 0.6 is 11.3 Å². The second kappa shape index (κ2) is 4.81. The van der Waals surface area contributed by atoms with Crippen LogP contribution in [0.15, 0.2) is 57.3 Å². The molecule has 0 aliphatic heterocycles. The fourth-order valence-electron chi connectivity index (χ4n) is 2.19. The Kier molecular flexibility index (Phi) is 2.80. The largest absolute Gasteiger partial charge is 0.451 e. The van der Waals surface area contributed by atoms with Gasteiger partial charge in [0.15, 0.2) is 5.76 Å². The average Bonchev–Trinajstić information content (AvgIpc) is 3.16. The third kappa shape index (κ3) is 1.99. The van der Waals surface area contributed by atoms with Gasteiger partial charge in [-0.2, -0.15) is 0 Å². The van der Waals surface area contributed by atoms with E-state index >= 15 is 0 Å². The minimum absolute atomic E-state index is 0.138. The van der Waals surface area contributed by atoms with Gasteiger partial charge in [0.2, 0.25) is 0 Å². The molecule has 1 amide bonds. The molecule has 0 saturated heterocycles. The molecule has 108 valence electrons. The summed E-state index contributed by atoms with van der Waals surface area (Å²) in [7, 11) is 0. The fourth-order valence-corrected chi connectivity index (χ4v) is 2.92. The van der Waals surface area contributed by atoms with Crippen molar-refractivity contribution in [3.63, 3.8) is 0 Å². The molecule has 0 aliphatic rings. The Morgan fingerprint density at radius 3 is 3.00 bits per heavy atom. The molecule has 0 unspecified atom stereocenters. The number of nitrogens with zero attached hydrogens (tertiary/aromatic N) is 2. The quantitative estimate of drug-likeness (QED) is 0.617. The van der Waals surface area contributed by atoms with Crippen molar-refractivity contribution in [3.05, 3.63) is 64.2 Å². The molecular weight excluding hydrogens is 302 g/mol. The van der Waals surface area contributed by atoms with Gasteiger partial charge in [-0.25, -0.2) is 9.66 Å². The third-order valence-corrected chi connectivity index (χ3v) is 4.08. The van der Waals surface area contributed by atoms with Crippen molar-refractivity contribution in [1.82, 2.24) is 9.66 Å². The number of furan rings is 1. The second-order valence-corrected chi connectivity index (χ2v) is 5.54. The number of amides is 1. The van der Waals surface area contributed by atoms with Crippen LogP contribution < -0.4 is 11.0 Å². The number of benzene rings is 1. The number of thiophene rings is 1. The van der Waals surface area contributed by atoms with Crippen molar-refractivity contribution < 1.29 is 9.21 Å². The Morgan fingerprint density at radius 1 is 1.27 bits per heavy atom. The lowest BCUT2D eigenvalue weighted by Crippen LogP contribution is -2.32. The lowest BCUT2D eigenvalue weighted by molar-refractivity contribution is 0.0982. The molecule has 22 heavy (non-hydrogen) atoms. The minimum Gasteiger partial charge on any atom is -0.451 e. The zero-order valence-corrected chi connectivity index (χ0v) is 12.0. The summed E-state index contributed by atoms with van der Waals surface area (Å²) in [6.45, 7) is 0. The van der Waals surface area contributed by atoms with E-state index in [0.717, 1.165) is 10.1 Å². The maximum absolute atomic E-state index is 12.2. The van der Waals surface area contributed by atoms with Gasteiger partial charge in [-0.05, 0) is 23.6 Å². The van der Waals surface area contributed by atoms with Crippen LogP contribution in [0.5, 0.6) is 0 Å². The molecule has 6 nitrogen and oxygen atoms in total. The number of aromatic nitrogens is 2. The highest BCUT2D eigenvalue weighted by Gasteiger charge is 2.14. The summed E-state index contributed by atoms with van der Waals surface area (Å²) < 4.78 is 6.53. The lowest BCUT2D eigenvalue weighted by Gasteiger charge is -2.05. The van der Waals surface area contributed by atoms with Crippen LogP contribution in [0.2, 0.25) is 0 Å². The number of fused-ring (bicyclic) bond motifs is 2. The van der Waals surface area contributed by atoms with Crippen molar-refractivity contribution in [2.24, 2.45) is 0 Å².